The van der Waals surface area contributed by atoms with Gasteiger partial charge in [0.25, 0.3) is 0 Å². The molecule has 6 heteroatoms. The van der Waals surface area contributed by atoms with E-state index in [4.69, 9.17) is 26.1 Å². The van der Waals surface area contributed by atoms with Crippen molar-refractivity contribution in [3.05, 3.63) is 107 Å². The summed E-state index contributed by atoms with van der Waals surface area (Å²) in [4.78, 5) is 4.75. The number of anilines is 1. The Balaban J connectivity index is 1.31. The number of para-hydroxylation sites is 2. The molecular formula is C29H25ClN2O2S. The Kier molecular flexibility index (Phi) is 7.17. The van der Waals surface area contributed by atoms with Gasteiger partial charge in [-0.2, -0.15) is 0 Å². The Bertz CT molecular complexity index is 1400. The van der Waals surface area contributed by atoms with Crippen LogP contribution in [0.1, 0.15) is 18.1 Å². The fourth-order valence-corrected chi connectivity index (χ4v) is 4.98. The molecule has 35 heavy (non-hydrogen) atoms. The van der Waals surface area contributed by atoms with Crippen LogP contribution in [0.4, 0.5) is 5.69 Å². The van der Waals surface area contributed by atoms with Gasteiger partial charge in [0.05, 0.1) is 16.8 Å². The molecular weight excluding hydrogens is 476 g/mol. The number of halogens is 1. The average Bonchev–Trinajstić information content (AvgIpc) is 3.33. The van der Waals surface area contributed by atoms with Crippen LogP contribution in [0.3, 0.4) is 0 Å². The van der Waals surface area contributed by atoms with Crippen LogP contribution in [0.15, 0.2) is 91.0 Å². The minimum absolute atomic E-state index is 0.369. The SMILES string of the molecule is CCOc1cccc(CNc2ccc(-c3nc4ccccc4s3)cc2)c1OCc1ccccc1Cl. The Hall–Kier alpha value is -3.54. The van der Waals surface area contributed by atoms with Crippen molar-refractivity contribution in [1.82, 2.24) is 4.98 Å². The molecule has 0 unspecified atom stereocenters. The molecule has 0 bridgehead atoms. The number of ether oxygens (including phenoxy) is 2. The van der Waals surface area contributed by atoms with E-state index in [0.29, 0.717) is 24.8 Å². The molecule has 5 rings (SSSR count). The van der Waals surface area contributed by atoms with Crippen molar-refractivity contribution >= 4 is 38.8 Å². The number of nitrogens with zero attached hydrogens (tertiary/aromatic N) is 1. The Labute approximate surface area is 214 Å². The van der Waals surface area contributed by atoms with Crippen LogP contribution in [-0.4, -0.2) is 11.6 Å². The second kappa shape index (κ2) is 10.8. The fraction of sp³-hybridized carbons (Fsp3) is 0.138. The average molecular weight is 501 g/mol. The number of thiazole rings is 1. The molecule has 176 valence electrons. The highest BCUT2D eigenvalue weighted by Crippen LogP contribution is 2.34. The van der Waals surface area contributed by atoms with Crippen molar-refractivity contribution in [1.29, 1.82) is 0 Å². The molecule has 0 aliphatic heterocycles. The predicted octanol–water partition coefficient (Wildman–Crippen LogP) is 8.21. The molecule has 1 aromatic heterocycles. The van der Waals surface area contributed by atoms with Crippen LogP contribution in [0, 0.1) is 0 Å². The minimum Gasteiger partial charge on any atom is -0.490 e. The summed E-state index contributed by atoms with van der Waals surface area (Å²) in [7, 11) is 0. The number of benzene rings is 4. The number of aromatic nitrogens is 1. The lowest BCUT2D eigenvalue weighted by molar-refractivity contribution is 0.267. The first-order valence-electron chi connectivity index (χ1n) is 11.5. The van der Waals surface area contributed by atoms with Crippen molar-refractivity contribution < 1.29 is 9.47 Å². The second-order valence-corrected chi connectivity index (χ2v) is 9.41. The maximum absolute atomic E-state index is 6.33. The van der Waals surface area contributed by atoms with E-state index in [-0.39, 0.29) is 0 Å². The van der Waals surface area contributed by atoms with Gasteiger partial charge in [-0.25, -0.2) is 4.98 Å². The predicted molar refractivity (Wildman–Crippen MR) is 146 cm³/mol. The van der Waals surface area contributed by atoms with Gasteiger partial charge in [0.1, 0.15) is 11.6 Å². The van der Waals surface area contributed by atoms with E-state index in [1.807, 2.05) is 67.6 Å². The molecule has 0 fully saturated rings. The summed E-state index contributed by atoms with van der Waals surface area (Å²) in [6.07, 6.45) is 0. The van der Waals surface area contributed by atoms with Crippen molar-refractivity contribution in [3.8, 4) is 22.1 Å². The molecule has 1 heterocycles. The van der Waals surface area contributed by atoms with Gasteiger partial charge in [0.2, 0.25) is 0 Å². The zero-order valence-electron chi connectivity index (χ0n) is 19.3. The molecule has 0 saturated heterocycles. The molecule has 0 amide bonds. The van der Waals surface area contributed by atoms with Gasteiger partial charge in [0.15, 0.2) is 11.5 Å². The first-order chi connectivity index (χ1) is 17.2. The van der Waals surface area contributed by atoms with Gasteiger partial charge in [-0.05, 0) is 55.5 Å². The van der Waals surface area contributed by atoms with Crippen molar-refractivity contribution in [3.63, 3.8) is 0 Å². The highest BCUT2D eigenvalue weighted by atomic mass is 35.5. The van der Waals surface area contributed by atoms with Gasteiger partial charge >= 0.3 is 0 Å². The van der Waals surface area contributed by atoms with Crippen LogP contribution < -0.4 is 14.8 Å². The molecule has 0 aliphatic carbocycles. The molecule has 0 radical (unpaired) electrons. The third kappa shape index (κ3) is 5.42. The van der Waals surface area contributed by atoms with E-state index >= 15 is 0 Å². The van der Waals surface area contributed by atoms with E-state index in [1.165, 1.54) is 4.70 Å². The molecule has 4 nitrogen and oxygen atoms in total. The lowest BCUT2D eigenvalue weighted by Crippen LogP contribution is -2.06. The van der Waals surface area contributed by atoms with E-state index in [0.717, 1.165) is 44.4 Å². The zero-order valence-corrected chi connectivity index (χ0v) is 20.9. The Morgan fingerprint density at radius 1 is 0.829 bits per heavy atom. The lowest BCUT2D eigenvalue weighted by Gasteiger charge is -2.17. The van der Waals surface area contributed by atoms with E-state index in [9.17, 15) is 0 Å². The summed E-state index contributed by atoms with van der Waals surface area (Å²) in [5.41, 5.74) is 5.11. The van der Waals surface area contributed by atoms with Gasteiger partial charge in [-0.1, -0.05) is 54.1 Å². The maximum Gasteiger partial charge on any atom is 0.166 e. The minimum atomic E-state index is 0.369. The number of nitrogens with one attached hydrogen (secondary N) is 1. The van der Waals surface area contributed by atoms with Crippen LogP contribution in [-0.2, 0) is 13.2 Å². The van der Waals surface area contributed by atoms with E-state index in [2.05, 4.69) is 35.6 Å². The van der Waals surface area contributed by atoms with Crippen molar-refractivity contribution in [2.24, 2.45) is 0 Å². The quantitative estimate of drug-likeness (QED) is 0.221. The zero-order chi connectivity index (χ0) is 24.0. The molecule has 5 aromatic rings. The maximum atomic E-state index is 6.33. The van der Waals surface area contributed by atoms with Gasteiger partial charge in [-0.3, -0.25) is 0 Å². The smallest absolute Gasteiger partial charge is 0.166 e. The van der Waals surface area contributed by atoms with Crippen LogP contribution >= 0.6 is 22.9 Å². The first kappa shape index (κ1) is 23.2. The van der Waals surface area contributed by atoms with Gasteiger partial charge < -0.3 is 14.8 Å². The summed E-state index contributed by atoms with van der Waals surface area (Å²) in [6, 6.07) is 30.3. The second-order valence-electron chi connectivity index (χ2n) is 7.98. The fourth-order valence-electron chi connectivity index (χ4n) is 3.82. The summed E-state index contributed by atoms with van der Waals surface area (Å²) >= 11 is 8.03. The molecule has 0 spiro atoms. The number of hydrogen-bond acceptors (Lipinski definition) is 5. The monoisotopic (exact) mass is 500 g/mol. The van der Waals surface area contributed by atoms with Gasteiger partial charge in [0, 0.05) is 33.9 Å². The highest BCUT2D eigenvalue weighted by Gasteiger charge is 2.13. The van der Waals surface area contributed by atoms with Crippen molar-refractivity contribution in [2.75, 3.05) is 11.9 Å². The molecule has 0 saturated carbocycles. The van der Waals surface area contributed by atoms with Crippen LogP contribution in [0.25, 0.3) is 20.8 Å². The summed E-state index contributed by atoms with van der Waals surface area (Å²) < 4.78 is 13.3. The lowest BCUT2D eigenvalue weighted by atomic mass is 10.1. The molecule has 0 atom stereocenters. The topological polar surface area (TPSA) is 43.4 Å². The molecule has 4 aromatic carbocycles. The number of rotatable bonds is 9. The Morgan fingerprint density at radius 2 is 1.60 bits per heavy atom. The number of fused-ring (bicyclic) bond motifs is 1. The Morgan fingerprint density at radius 3 is 2.40 bits per heavy atom. The largest absolute Gasteiger partial charge is 0.490 e. The van der Waals surface area contributed by atoms with Gasteiger partial charge in [-0.15, -0.1) is 11.3 Å². The van der Waals surface area contributed by atoms with E-state index in [1.54, 1.807) is 11.3 Å². The van der Waals surface area contributed by atoms with Crippen LogP contribution in [0.2, 0.25) is 5.02 Å². The van der Waals surface area contributed by atoms with Crippen molar-refractivity contribution in [2.45, 2.75) is 20.1 Å². The normalized spacial score (nSPS) is 10.9. The van der Waals surface area contributed by atoms with E-state index < -0.39 is 0 Å². The third-order valence-corrected chi connectivity index (χ3v) is 7.05. The number of hydrogen-bond donors (Lipinski definition) is 1. The summed E-state index contributed by atoms with van der Waals surface area (Å²) in [5.74, 6) is 1.46. The first-order valence-corrected chi connectivity index (χ1v) is 12.7. The summed E-state index contributed by atoms with van der Waals surface area (Å²) in [5, 5.41) is 5.22. The molecule has 1 N–H and O–H groups in total. The standard InChI is InChI=1S/C29H25ClN2O2S/c1-2-33-26-12-7-9-21(28(26)34-19-22-8-3-4-10-24(22)30)18-31-23-16-14-20(15-17-23)29-32-25-11-5-6-13-27(25)35-29/h3-17,31H,2,18-19H2,1H3. The third-order valence-electron chi connectivity index (χ3n) is 5.60. The van der Waals surface area contributed by atoms with Crippen LogP contribution in [0.5, 0.6) is 11.5 Å². The summed E-state index contributed by atoms with van der Waals surface area (Å²) in [6.45, 7) is 3.50. The highest BCUT2D eigenvalue weighted by molar-refractivity contribution is 7.21. The molecule has 0 aliphatic rings.